The van der Waals surface area contributed by atoms with Gasteiger partial charge in [0.05, 0.1) is 11.3 Å². The molecular formula is C15H16FNO3. The zero-order valence-electron chi connectivity index (χ0n) is 10.9. The molecule has 2 N–H and O–H groups in total. The molecule has 0 aliphatic heterocycles. The van der Waals surface area contributed by atoms with Gasteiger partial charge in [-0.05, 0) is 43.4 Å². The van der Waals surface area contributed by atoms with Crippen LogP contribution >= 0.6 is 0 Å². The Balaban J connectivity index is 1.63. The third-order valence-electron chi connectivity index (χ3n) is 4.40. The zero-order chi connectivity index (χ0) is 14.3. The summed E-state index contributed by atoms with van der Waals surface area (Å²) in [6, 6.07) is 6.01. The van der Waals surface area contributed by atoms with E-state index in [1.807, 2.05) is 0 Å². The molecular weight excluding hydrogens is 261 g/mol. The number of carbonyl (C=O) groups is 2. The number of carboxylic acid groups (broad SMARTS) is 1. The molecule has 1 amide bonds. The van der Waals surface area contributed by atoms with Crippen LogP contribution in [0.1, 0.15) is 31.2 Å². The van der Waals surface area contributed by atoms with Crippen molar-refractivity contribution in [2.75, 3.05) is 0 Å². The molecule has 0 unspecified atom stereocenters. The molecule has 1 aromatic carbocycles. The summed E-state index contributed by atoms with van der Waals surface area (Å²) in [6.07, 6.45) is 2.53. The molecule has 0 aromatic heterocycles. The van der Waals surface area contributed by atoms with Gasteiger partial charge in [-0.15, -0.1) is 0 Å². The first-order chi connectivity index (χ1) is 9.51. The fourth-order valence-electron chi connectivity index (χ4n) is 2.80. The van der Waals surface area contributed by atoms with Gasteiger partial charge in [-0.1, -0.05) is 12.1 Å². The second-order valence-electron chi connectivity index (χ2n) is 5.77. The molecule has 20 heavy (non-hydrogen) atoms. The van der Waals surface area contributed by atoms with Crippen LogP contribution in [-0.2, 0) is 15.0 Å². The largest absolute Gasteiger partial charge is 0.481 e. The lowest BCUT2D eigenvalue weighted by atomic mass is 9.80. The third-order valence-corrected chi connectivity index (χ3v) is 4.40. The molecule has 0 bridgehead atoms. The molecule has 1 aromatic rings. The summed E-state index contributed by atoms with van der Waals surface area (Å²) in [7, 11) is 0. The number of nitrogens with one attached hydrogen (secondary N) is 1. The van der Waals surface area contributed by atoms with Crippen LogP contribution in [0, 0.1) is 11.7 Å². The van der Waals surface area contributed by atoms with Gasteiger partial charge in [0, 0.05) is 6.04 Å². The van der Waals surface area contributed by atoms with Gasteiger partial charge in [0.25, 0.3) is 0 Å². The van der Waals surface area contributed by atoms with Crippen LogP contribution < -0.4 is 5.32 Å². The Morgan fingerprint density at radius 1 is 1.20 bits per heavy atom. The smallest absolute Gasteiger partial charge is 0.306 e. The maximum absolute atomic E-state index is 12.9. The highest BCUT2D eigenvalue weighted by Gasteiger charge is 2.52. The molecule has 0 spiro atoms. The second-order valence-corrected chi connectivity index (χ2v) is 5.77. The lowest BCUT2D eigenvalue weighted by Crippen LogP contribution is -2.49. The number of hydrogen-bond donors (Lipinski definition) is 2. The van der Waals surface area contributed by atoms with E-state index in [2.05, 4.69) is 5.32 Å². The van der Waals surface area contributed by atoms with E-state index in [0.717, 1.165) is 18.4 Å². The summed E-state index contributed by atoms with van der Waals surface area (Å²) >= 11 is 0. The Kier molecular flexibility index (Phi) is 3.00. The molecule has 0 atom stereocenters. The fraction of sp³-hybridized carbons (Fsp3) is 0.467. The highest BCUT2D eigenvalue weighted by molar-refractivity contribution is 5.91. The minimum atomic E-state index is -0.796. The SMILES string of the molecule is O=C(O)C1CC(NC(=O)C2(c3ccc(F)cc3)CC2)C1. The van der Waals surface area contributed by atoms with Crippen LogP contribution in [0.15, 0.2) is 24.3 Å². The third kappa shape index (κ3) is 2.17. The van der Waals surface area contributed by atoms with Crippen LogP contribution in [0.2, 0.25) is 0 Å². The van der Waals surface area contributed by atoms with Crippen LogP contribution in [0.3, 0.4) is 0 Å². The minimum Gasteiger partial charge on any atom is -0.481 e. The number of aliphatic carboxylic acids is 1. The van der Waals surface area contributed by atoms with Crippen molar-refractivity contribution in [3.8, 4) is 0 Å². The van der Waals surface area contributed by atoms with E-state index in [1.54, 1.807) is 12.1 Å². The molecule has 4 nitrogen and oxygen atoms in total. The Labute approximate surface area is 116 Å². The molecule has 0 radical (unpaired) electrons. The maximum atomic E-state index is 12.9. The first kappa shape index (κ1) is 13.1. The lowest BCUT2D eigenvalue weighted by molar-refractivity contribution is -0.146. The number of halogens is 1. The summed E-state index contributed by atoms with van der Waals surface area (Å²) in [5.74, 6) is -1.50. The van der Waals surface area contributed by atoms with E-state index in [-0.39, 0.29) is 23.7 Å². The molecule has 106 valence electrons. The predicted octanol–water partition coefficient (Wildman–Crippen LogP) is 1.84. The van der Waals surface area contributed by atoms with E-state index >= 15 is 0 Å². The van der Waals surface area contributed by atoms with Gasteiger partial charge in [-0.2, -0.15) is 0 Å². The second kappa shape index (κ2) is 4.58. The van der Waals surface area contributed by atoms with E-state index in [0.29, 0.717) is 12.8 Å². The number of benzene rings is 1. The average Bonchev–Trinajstić information content (AvgIpc) is 3.14. The average molecular weight is 277 g/mol. The van der Waals surface area contributed by atoms with Crippen molar-refractivity contribution in [1.82, 2.24) is 5.32 Å². The number of rotatable bonds is 4. The number of carbonyl (C=O) groups excluding carboxylic acids is 1. The Hall–Kier alpha value is -1.91. The van der Waals surface area contributed by atoms with Gasteiger partial charge in [-0.3, -0.25) is 9.59 Å². The van der Waals surface area contributed by atoms with Crippen LogP contribution in [0.5, 0.6) is 0 Å². The molecule has 3 rings (SSSR count). The van der Waals surface area contributed by atoms with Gasteiger partial charge in [0.1, 0.15) is 5.82 Å². The highest BCUT2D eigenvalue weighted by atomic mass is 19.1. The predicted molar refractivity (Wildman–Crippen MR) is 69.6 cm³/mol. The summed E-state index contributed by atoms with van der Waals surface area (Å²) in [5, 5.41) is 11.7. The van der Waals surface area contributed by atoms with Crippen LogP contribution in [-0.4, -0.2) is 23.0 Å². The standard InChI is InChI=1S/C15H16FNO3/c16-11-3-1-10(2-4-11)15(5-6-15)14(20)17-12-7-9(8-12)13(18)19/h1-4,9,12H,5-8H2,(H,17,20)(H,18,19). The van der Waals surface area contributed by atoms with E-state index < -0.39 is 11.4 Å². The number of carboxylic acids is 1. The van der Waals surface area contributed by atoms with Gasteiger partial charge in [0.15, 0.2) is 0 Å². The van der Waals surface area contributed by atoms with Gasteiger partial charge < -0.3 is 10.4 Å². The van der Waals surface area contributed by atoms with Gasteiger partial charge in [-0.25, -0.2) is 4.39 Å². The molecule has 2 aliphatic rings. The minimum absolute atomic E-state index is 0.0403. The van der Waals surface area contributed by atoms with Gasteiger partial charge in [0.2, 0.25) is 5.91 Å². The van der Waals surface area contributed by atoms with Crippen LogP contribution in [0.25, 0.3) is 0 Å². The van der Waals surface area contributed by atoms with Crippen molar-refractivity contribution < 1.29 is 19.1 Å². The first-order valence-electron chi connectivity index (χ1n) is 6.81. The Morgan fingerprint density at radius 3 is 2.30 bits per heavy atom. The summed E-state index contributed by atoms with van der Waals surface area (Å²) < 4.78 is 12.9. The van der Waals surface area contributed by atoms with Gasteiger partial charge >= 0.3 is 5.97 Å². The molecule has 0 heterocycles. The first-order valence-corrected chi connectivity index (χ1v) is 6.81. The highest BCUT2D eigenvalue weighted by Crippen LogP contribution is 2.48. The fourth-order valence-corrected chi connectivity index (χ4v) is 2.80. The normalized spacial score (nSPS) is 26.4. The topological polar surface area (TPSA) is 66.4 Å². The van der Waals surface area contributed by atoms with Crippen molar-refractivity contribution in [2.45, 2.75) is 37.1 Å². The number of amides is 1. The molecule has 5 heteroatoms. The monoisotopic (exact) mass is 277 g/mol. The van der Waals surface area contributed by atoms with E-state index in [4.69, 9.17) is 5.11 Å². The summed E-state index contributed by atoms with van der Waals surface area (Å²) in [5.41, 5.74) is 0.313. The van der Waals surface area contributed by atoms with Crippen molar-refractivity contribution in [2.24, 2.45) is 5.92 Å². The van der Waals surface area contributed by atoms with Crippen molar-refractivity contribution in [3.63, 3.8) is 0 Å². The Morgan fingerprint density at radius 2 is 1.80 bits per heavy atom. The van der Waals surface area contributed by atoms with Crippen LogP contribution in [0.4, 0.5) is 4.39 Å². The zero-order valence-corrected chi connectivity index (χ0v) is 10.9. The van der Waals surface area contributed by atoms with E-state index in [9.17, 15) is 14.0 Å². The van der Waals surface area contributed by atoms with Crippen molar-refractivity contribution >= 4 is 11.9 Å². The quantitative estimate of drug-likeness (QED) is 0.882. The molecule has 2 fully saturated rings. The number of hydrogen-bond acceptors (Lipinski definition) is 2. The Bertz CT molecular complexity index is 545. The summed E-state index contributed by atoms with van der Waals surface area (Å²) in [6.45, 7) is 0. The molecule has 0 saturated heterocycles. The maximum Gasteiger partial charge on any atom is 0.306 e. The van der Waals surface area contributed by atoms with Crippen molar-refractivity contribution in [1.29, 1.82) is 0 Å². The summed E-state index contributed by atoms with van der Waals surface area (Å²) in [4.78, 5) is 23.1. The molecule has 2 saturated carbocycles. The lowest BCUT2D eigenvalue weighted by Gasteiger charge is -2.34. The van der Waals surface area contributed by atoms with Crippen molar-refractivity contribution in [3.05, 3.63) is 35.6 Å². The van der Waals surface area contributed by atoms with E-state index in [1.165, 1.54) is 12.1 Å². The molecule has 2 aliphatic carbocycles.